The maximum atomic E-state index is 5.97. The lowest BCUT2D eigenvalue weighted by atomic mass is 9.71. The van der Waals surface area contributed by atoms with Crippen molar-refractivity contribution < 1.29 is 4.74 Å². The van der Waals surface area contributed by atoms with Gasteiger partial charge in [-0.3, -0.25) is 0 Å². The summed E-state index contributed by atoms with van der Waals surface area (Å²) >= 11 is 0. The van der Waals surface area contributed by atoms with Gasteiger partial charge in [-0.1, -0.05) is 51.0 Å². The molecule has 0 heterocycles. The van der Waals surface area contributed by atoms with Crippen LogP contribution in [0.1, 0.15) is 79.2 Å². The first kappa shape index (κ1) is 24.0. The zero-order valence-corrected chi connectivity index (χ0v) is 19.8. The van der Waals surface area contributed by atoms with Gasteiger partial charge in [-0.25, -0.2) is 0 Å². The van der Waals surface area contributed by atoms with E-state index in [-0.39, 0.29) is 0 Å². The van der Waals surface area contributed by atoms with E-state index in [9.17, 15) is 0 Å². The standard InChI is InChI=1S/C26H44N2O/c1-7-28(8-2)17-18-29-24-13-9-12-23(19-24)20-27-22(4)14-15-25-21(3)11-10-16-26(25,5)6/h9,12-13,19,22,27H,7-8,10-11,14-18,20H2,1-6H3/t22-/m1/s1. The smallest absolute Gasteiger partial charge is 0.119 e. The van der Waals surface area contributed by atoms with E-state index in [4.69, 9.17) is 4.74 Å². The summed E-state index contributed by atoms with van der Waals surface area (Å²) in [6.45, 7) is 18.7. The maximum absolute atomic E-state index is 5.97. The summed E-state index contributed by atoms with van der Waals surface area (Å²) in [4.78, 5) is 2.39. The lowest BCUT2D eigenvalue weighted by molar-refractivity contribution is 0.222. The van der Waals surface area contributed by atoms with Crippen molar-refractivity contribution in [1.82, 2.24) is 10.2 Å². The molecule has 3 heteroatoms. The molecule has 0 radical (unpaired) electrons. The fourth-order valence-electron chi connectivity index (χ4n) is 4.56. The van der Waals surface area contributed by atoms with Crippen LogP contribution in [0.5, 0.6) is 5.75 Å². The van der Waals surface area contributed by atoms with Crippen molar-refractivity contribution in [3.8, 4) is 5.75 Å². The topological polar surface area (TPSA) is 24.5 Å². The van der Waals surface area contributed by atoms with Gasteiger partial charge in [-0.2, -0.15) is 0 Å². The first-order chi connectivity index (χ1) is 13.9. The summed E-state index contributed by atoms with van der Waals surface area (Å²) in [5.41, 5.74) is 5.04. The Labute approximate surface area is 179 Å². The van der Waals surface area contributed by atoms with Crippen LogP contribution in [0.2, 0.25) is 0 Å². The van der Waals surface area contributed by atoms with Crippen molar-refractivity contribution >= 4 is 0 Å². The predicted molar refractivity (Wildman–Crippen MR) is 126 cm³/mol. The molecule has 1 N–H and O–H groups in total. The molecule has 29 heavy (non-hydrogen) atoms. The highest BCUT2D eigenvalue weighted by Gasteiger charge is 2.28. The Bertz CT molecular complexity index is 646. The number of hydrogen-bond acceptors (Lipinski definition) is 3. The molecule has 3 nitrogen and oxygen atoms in total. The molecule has 0 saturated carbocycles. The second-order valence-corrected chi connectivity index (χ2v) is 9.34. The van der Waals surface area contributed by atoms with Crippen LogP contribution >= 0.6 is 0 Å². The Kier molecular flexibility index (Phi) is 9.71. The van der Waals surface area contributed by atoms with E-state index >= 15 is 0 Å². The Hall–Kier alpha value is -1.32. The monoisotopic (exact) mass is 400 g/mol. The van der Waals surface area contributed by atoms with Crippen molar-refractivity contribution in [3.05, 3.63) is 41.0 Å². The predicted octanol–water partition coefficient (Wildman–Crippen LogP) is 6.19. The van der Waals surface area contributed by atoms with Crippen LogP contribution in [0.4, 0.5) is 0 Å². The highest BCUT2D eigenvalue weighted by Crippen LogP contribution is 2.42. The largest absolute Gasteiger partial charge is 0.492 e. The van der Waals surface area contributed by atoms with E-state index in [2.05, 4.69) is 76.0 Å². The van der Waals surface area contributed by atoms with Crippen molar-refractivity contribution in [2.75, 3.05) is 26.2 Å². The highest BCUT2D eigenvalue weighted by atomic mass is 16.5. The van der Waals surface area contributed by atoms with Gasteiger partial charge in [-0.05, 0) is 82.2 Å². The quantitative estimate of drug-likeness (QED) is 0.423. The van der Waals surface area contributed by atoms with Crippen LogP contribution < -0.4 is 10.1 Å². The van der Waals surface area contributed by atoms with Gasteiger partial charge in [0.15, 0.2) is 0 Å². The number of likely N-dealkylation sites (N-methyl/N-ethyl adjacent to an activating group) is 1. The molecule has 1 aromatic carbocycles. The van der Waals surface area contributed by atoms with Gasteiger partial charge in [0.1, 0.15) is 12.4 Å². The van der Waals surface area contributed by atoms with E-state index in [0.717, 1.165) is 38.5 Å². The van der Waals surface area contributed by atoms with Gasteiger partial charge >= 0.3 is 0 Å². The minimum Gasteiger partial charge on any atom is -0.492 e. The third-order valence-electron chi connectivity index (χ3n) is 6.64. The van der Waals surface area contributed by atoms with E-state index in [1.54, 1.807) is 11.1 Å². The van der Waals surface area contributed by atoms with Crippen LogP contribution in [0, 0.1) is 5.41 Å². The molecule has 0 fully saturated rings. The molecule has 0 unspecified atom stereocenters. The normalized spacial score (nSPS) is 17.6. The second-order valence-electron chi connectivity index (χ2n) is 9.34. The molecular weight excluding hydrogens is 356 g/mol. The first-order valence-electron chi connectivity index (χ1n) is 11.7. The van der Waals surface area contributed by atoms with E-state index < -0.39 is 0 Å². The van der Waals surface area contributed by atoms with Gasteiger partial charge in [0, 0.05) is 19.1 Å². The Morgan fingerprint density at radius 3 is 2.66 bits per heavy atom. The summed E-state index contributed by atoms with van der Waals surface area (Å²) in [6.07, 6.45) is 6.41. The zero-order valence-electron chi connectivity index (χ0n) is 19.8. The van der Waals surface area contributed by atoms with E-state index in [0.29, 0.717) is 11.5 Å². The number of allylic oxidation sites excluding steroid dienone is 2. The minimum absolute atomic E-state index is 0.388. The summed E-state index contributed by atoms with van der Waals surface area (Å²) in [6, 6.07) is 9.05. The lowest BCUT2D eigenvalue weighted by Crippen LogP contribution is -2.28. The molecule has 164 valence electrons. The molecule has 0 amide bonds. The van der Waals surface area contributed by atoms with Crippen molar-refractivity contribution in [3.63, 3.8) is 0 Å². The summed E-state index contributed by atoms with van der Waals surface area (Å²) < 4.78 is 5.97. The van der Waals surface area contributed by atoms with Crippen molar-refractivity contribution in [2.24, 2.45) is 5.41 Å². The molecular formula is C26H44N2O. The fraction of sp³-hybridized carbons (Fsp3) is 0.692. The zero-order chi connectivity index (χ0) is 21.3. The highest BCUT2D eigenvalue weighted by molar-refractivity contribution is 5.28. The average Bonchev–Trinajstić information content (AvgIpc) is 2.69. The number of benzene rings is 1. The number of rotatable bonds is 12. The fourth-order valence-corrected chi connectivity index (χ4v) is 4.56. The minimum atomic E-state index is 0.388. The van der Waals surface area contributed by atoms with Gasteiger partial charge < -0.3 is 15.0 Å². The molecule has 1 aromatic rings. The lowest BCUT2D eigenvalue weighted by Gasteiger charge is -2.35. The van der Waals surface area contributed by atoms with Crippen molar-refractivity contribution in [1.29, 1.82) is 0 Å². The van der Waals surface area contributed by atoms with E-state index in [1.807, 2.05) is 0 Å². The molecule has 1 aliphatic carbocycles. The number of ether oxygens (including phenoxy) is 1. The molecule has 2 rings (SSSR count). The third kappa shape index (κ3) is 7.79. The molecule has 1 aliphatic rings. The average molecular weight is 401 g/mol. The summed E-state index contributed by atoms with van der Waals surface area (Å²) in [5, 5.41) is 3.71. The SMILES string of the molecule is CCN(CC)CCOc1cccc(CN[C@H](C)CCC2=C(C)CCCC2(C)C)c1. The van der Waals surface area contributed by atoms with Crippen LogP contribution in [0.25, 0.3) is 0 Å². The summed E-state index contributed by atoms with van der Waals surface area (Å²) in [5.74, 6) is 0.980. The number of nitrogens with zero attached hydrogens (tertiary/aromatic N) is 1. The van der Waals surface area contributed by atoms with E-state index in [1.165, 1.54) is 37.7 Å². The molecule has 0 spiro atoms. The Balaban J connectivity index is 1.77. The first-order valence-corrected chi connectivity index (χ1v) is 11.7. The van der Waals surface area contributed by atoms with Crippen LogP contribution in [-0.2, 0) is 6.54 Å². The van der Waals surface area contributed by atoms with Crippen molar-refractivity contribution in [2.45, 2.75) is 86.2 Å². The Morgan fingerprint density at radius 2 is 1.97 bits per heavy atom. The maximum Gasteiger partial charge on any atom is 0.119 e. The third-order valence-corrected chi connectivity index (χ3v) is 6.64. The molecule has 0 bridgehead atoms. The number of nitrogens with one attached hydrogen (secondary N) is 1. The van der Waals surface area contributed by atoms with Crippen LogP contribution in [-0.4, -0.2) is 37.2 Å². The molecule has 0 saturated heterocycles. The van der Waals surface area contributed by atoms with Gasteiger partial charge in [0.2, 0.25) is 0 Å². The van der Waals surface area contributed by atoms with Gasteiger partial charge in [0.25, 0.3) is 0 Å². The number of hydrogen-bond donors (Lipinski definition) is 1. The second kappa shape index (κ2) is 11.8. The molecule has 0 aromatic heterocycles. The molecule has 0 aliphatic heterocycles. The van der Waals surface area contributed by atoms with Gasteiger partial charge in [0.05, 0.1) is 0 Å². The van der Waals surface area contributed by atoms with Gasteiger partial charge in [-0.15, -0.1) is 0 Å². The summed E-state index contributed by atoms with van der Waals surface area (Å²) in [7, 11) is 0. The molecule has 1 atom stereocenters. The van der Waals surface area contributed by atoms with Crippen LogP contribution in [0.15, 0.2) is 35.4 Å². The van der Waals surface area contributed by atoms with Crippen LogP contribution in [0.3, 0.4) is 0 Å². The Morgan fingerprint density at radius 1 is 1.21 bits per heavy atom.